The lowest BCUT2D eigenvalue weighted by Crippen LogP contribution is -2.44. The summed E-state index contributed by atoms with van der Waals surface area (Å²) < 4.78 is 15.7. The number of carbonyl (C=O) groups excluding carboxylic acids is 2. The Morgan fingerprint density at radius 3 is 2.68 bits per heavy atom. The van der Waals surface area contributed by atoms with E-state index in [0.29, 0.717) is 5.69 Å². The van der Waals surface area contributed by atoms with Gasteiger partial charge >= 0.3 is 0 Å². The van der Waals surface area contributed by atoms with Gasteiger partial charge in [0.2, 0.25) is 5.91 Å². The first kappa shape index (κ1) is 21.7. The van der Waals surface area contributed by atoms with Crippen LogP contribution in [0.4, 0.5) is 4.39 Å². The summed E-state index contributed by atoms with van der Waals surface area (Å²) in [7, 11) is 0. The van der Waals surface area contributed by atoms with Crippen LogP contribution in [-0.4, -0.2) is 50.8 Å². The minimum absolute atomic E-state index is 0.0865. The molecule has 2 fully saturated rings. The van der Waals surface area contributed by atoms with Gasteiger partial charge in [0.25, 0.3) is 5.91 Å². The molecule has 0 radical (unpaired) electrons. The summed E-state index contributed by atoms with van der Waals surface area (Å²) in [5.41, 5.74) is 0.542. The number of rotatable bonds is 5. The first-order valence-electron chi connectivity index (χ1n) is 11.0. The standard InChI is InChI=1S/C22H27ClFN5O2/c23-16-7-6-8-17(24)15(16)13-21(30)25-18-9-2-3-10-20(18)29-14-19(26-27-29)22(31)28-11-4-1-5-12-28/h6-8,14,18,20H,1-5,9-13H2,(H,25,30). The van der Waals surface area contributed by atoms with E-state index in [2.05, 4.69) is 15.6 Å². The Hall–Kier alpha value is -2.48. The zero-order chi connectivity index (χ0) is 21.8. The summed E-state index contributed by atoms with van der Waals surface area (Å²) in [5, 5.41) is 11.6. The maximum absolute atomic E-state index is 14.0. The summed E-state index contributed by atoms with van der Waals surface area (Å²) >= 11 is 6.06. The summed E-state index contributed by atoms with van der Waals surface area (Å²) in [6.07, 6.45) is 8.36. The smallest absolute Gasteiger partial charge is 0.276 e. The largest absolute Gasteiger partial charge is 0.351 e. The van der Waals surface area contributed by atoms with E-state index in [4.69, 9.17) is 11.6 Å². The number of carbonyl (C=O) groups is 2. The number of hydrogen-bond donors (Lipinski definition) is 1. The molecule has 1 saturated heterocycles. The predicted molar refractivity (Wildman–Crippen MR) is 114 cm³/mol. The van der Waals surface area contributed by atoms with E-state index in [1.807, 2.05) is 4.90 Å². The van der Waals surface area contributed by atoms with Crippen molar-refractivity contribution in [2.45, 2.75) is 63.5 Å². The highest BCUT2D eigenvalue weighted by Crippen LogP contribution is 2.29. The van der Waals surface area contributed by atoms with Gasteiger partial charge in [0.05, 0.1) is 24.7 Å². The Kier molecular flexibility index (Phi) is 6.85. The van der Waals surface area contributed by atoms with Gasteiger partial charge < -0.3 is 10.2 Å². The van der Waals surface area contributed by atoms with Crippen molar-refractivity contribution >= 4 is 23.4 Å². The molecule has 0 spiro atoms. The Morgan fingerprint density at radius 2 is 1.90 bits per heavy atom. The van der Waals surface area contributed by atoms with Crippen molar-refractivity contribution in [1.29, 1.82) is 0 Å². The van der Waals surface area contributed by atoms with E-state index in [0.717, 1.165) is 58.0 Å². The molecule has 1 aliphatic carbocycles. The molecule has 2 heterocycles. The van der Waals surface area contributed by atoms with Gasteiger partial charge in [-0.25, -0.2) is 9.07 Å². The fourth-order valence-electron chi connectivity index (χ4n) is 4.51. The third kappa shape index (κ3) is 5.06. The highest BCUT2D eigenvalue weighted by atomic mass is 35.5. The van der Waals surface area contributed by atoms with Crippen LogP contribution in [0.1, 0.15) is 67.0 Å². The molecule has 2 aliphatic rings. The molecule has 1 N–H and O–H groups in total. The molecular weight excluding hydrogens is 421 g/mol. The molecule has 1 aliphatic heterocycles. The number of amides is 2. The molecule has 9 heteroatoms. The van der Waals surface area contributed by atoms with Gasteiger partial charge in [-0.3, -0.25) is 9.59 Å². The molecule has 0 bridgehead atoms. The highest BCUT2D eigenvalue weighted by Gasteiger charge is 2.30. The molecule has 2 atom stereocenters. The molecule has 4 rings (SSSR count). The maximum atomic E-state index is 14.0. The minimum Gasteiger partial charge on any atom is -0.351 e. The first-order valence-corrected chi connectivity index (χ1v) is 11.3. The van der Waals surface area contributed by atoms with Crippen LogP contribution in [0.25, 0.3) is 0 Å². The van der Waals surface area contributed by atoms with E-state index in [9.17, 15) is 14.0 Å². The molecule has 7 nitrogen and oxygen atoms in total. The van der Waals surface area contributed by atoms with Crippen LogP contribution in [0, 0.1) is 5.82 Å². The fourth-order valence-corrected chi connectivity index (χ4v) is 4.74. The molecule has 1 saturated carbocycles. The topological polar surface area (TPSA) is 80.1 Å². The third-order valence-corrected chi connectivity index (χ3v) is 6.54. The molecule has 166 valence electrons. The van der Waals surface area contributed by atoms with Crippen LogP contribution in [0.2, 0.25) is 5.02 Å². The van der Waals surface area contributed by atoms with E-state index in [1.54, 1.807) is 16.9 Å². The number of aromatic nitrogens is 3. The normalized spacial score (nSPS) is 21.7. The van der Waals surface area contributed by atoms with Gasteiger partial charge in [0.1, 0.15) is 5.82 Å². The van der Waals surface area contributed by atoms with Gasteiger partial charge in [-0.05, 0) is 44.2 Å². The Balaban J connectivity index is 1.43. The van der Waals surface area contributed by atoms with E-state index >= 15 is 0 Å². The first-order chi connectivity index (χ1) is 15.0. The molecule has 1 aromatic heterocycles. The zero-order valence-corrected chi connectivity index (χ0v) is 18.2. The van der Waals surface area contributed by atoms with Crippen molar-refractivity contribution in [2.24, 2.45) is 0 Å². The second kappa shape index (κ2) is 9.77. The van der Waals surface area contributed by atoms with Crippen LogP contribution < -0.4 is 5.32 Å². The van der Waals surface area contributed by atoms with E-state index in [1.165, 1.54) is 12.1 Å². The third-order valence-electron chi connectivity index (χ3n) is 6.19. The predicted octanol–water partition coefficient (Wildman–Crippen LogP) is 3.54. The van der Waals surface area contributed by atoms with Crippen molar-refractivity contribution in [1.82, 2.24) is 25.2 Å². The van der Waals surface area contributed by atoms with Gasteiger partial charge in [-0.1, -0.05) is 35.7 Å². The summed E-state index contributed by atoms with van der Waals surface area (Å²) in [6, 6.07) is 4.14. The minimum atomic E-state index is -0.486. The maximum Gasteiger partial charge on any atom is 0.276 e. The Bertz CT molecular complexity index is 923. The van der Waals surface area contributed by atoms with Crippen molar-refractivity contribution in [2.75, 3.05) is 13.1 Å². The average molecular weight is 448 g/mol. The number of nitrogens with one attached hydrogen (secondary N) is 1. The fraction of sp³-hybridized carbons (Fsp3) is 0.545. The summed E-state index contributed by atoms with van der Waals surface area (Å²) in [4.78, 5) is 27.2. The quantitative estimate of drug-likeness (QED) is 0.760. The van der Waals surface area contributed by atoms with Crippen molar-refractivity contribution in [3.05, 3.63) is 46.5 Å². The molecule has 31 heavy (non-hydrogen) atoms. The van der Waals surface area contributed by atoms with Crippen molar-refractivity contribution in [3.63, 3.8) is 0 Å². The Labute approximate surface area is 185 Å². The van der Waals surface area contributed by atoms with Gasteiger partial charge in [0, 0.05) is 23.7 Å². The van der Waals surface area contributed by atoms with Gasteiger partial charge in [0.15, 0.2) is 5.69 Å². The average Bonchev–Trinajstić information content (AvgIpc) is 3.27. The lowest BCUT2D eigenvalue weighted by atomic mass is 9.90. The second-order valence-corrected chi connectivity index (χ2v) is 8.75. The number of halogens is 2. The number of nitrogens with zero attached hydrogens (tertiary/aromatic N) is 4. The number of benzene rings is 1. The monoisotopic (exact) mass is 447 g/mol. The number of piperidine rings is 1. The van der Waals surface area contributed by atoms with Gasteiger partial charge in [-0.15, -0.1) is 5.10 Å². The van der Waals surface area contributed by atoms with E-state index < -0.39 is 5.82 Å². The van der Waals surface area contributed by atoms with Crippen LogP contribution in [0.15, 0.2) is 24.4 Å². The van der Waals surface area contributed by atoms with Gasteiger partial charge in [-0.2, -0.15) is 0 Å². The zero-order valence-electron chi connectivity index (χ0n) is 17.4. The molecule has 1 aromatic carbocycles. The van der Waals surface area contributed by atoms with Crippen LogP contribution >= 0.6 is 11.6 Å². The lowest BCUT2D eigenvalue weighted by Gasteiger charge is -2.32. The lowest BCUT2D eigenvalue weighted by molar-refractivity contribution is -0.121. The number of hydrogen-bond acceptors (Lipinski definition) is 4. The summed E-state index contributed by atoms with van der Waals surface area (Å²) in [6.45, 7) is 1.51. The summed E-state index contributed by atoms with van der Waals surface area (Å²) in [5.74, 6) is -0.856. The second-order valence-electron chi connectivity index (χ2n) is 8.34. The van der Waals surface area contributed by atoms with Crippen LogP contribution in [0.5, 0.6) is 0 Å². The molecular formula is C22H27ClFN5O2. The van der Waals surface area contributed by atoms with E-state index in [-0.39, 0.29) is 40.9 Å². The number of likely N-dealkylation sites (tertiary alicyclic amines) is 1. The SMILES string of the molecule is O=C(Cc1c(F)cccc1Cl)NC1CCCCC1n1cc(C(=O)N2CCCCC2)nn1. The van der Waals surface area contributed by atoms with Crippen LogP contribution in [0.3, 0.4) is 0 Å². The van der Waals surface area contributed by atoms with Crippen molar-refractivity contribution in [3.8, 4) is 0 Å². The van der Waals surface area contributed by atoms with Crippen LogP contribution in [-0.2, 0) is 11.2 Å². The molecule has 2 amide bonds. The highest BCUT2D eigenvalue weighted by molar-refractivity contribution is 6.31. The van der Waals surface area contributed by atoms with Crippen molar-refractivity contribution < 1.29 is 14.0 Å². The molecule has 2 unspecified atom stereocenters. The Morgan fingerprint density at radius 1 is 1.13 bits per heavy atom. The molecule has 2 aromatic rings.